The van der Waals surface area contributed by atoms with Gasteiger partial charge in [-0.3, -0.25) is 9.69 Å². The molecule has 16 heavy (non-hydrogen) atoms. The number of rotatable bonds is 9. The predicted octanol–water partition coefficient (Wildman–Crippen LogP) is 1.07. The van der Waals surface area contributed by atoms with Gasteiger partial charge in [-0.15, -0.1) is 6.42 Å². The number of nitrogens with zero attached hydrogens (tertiary/aromatic N) is 1. The Kier molecular flexibility index (Phi) is 8.59. The predicted molar refractivity (Wildman–Crippen MR) is 63.2 cm³/mol. The van der Waals surface area contributed by atoms with Gasteiger partial charge in [0, 0.05) is 13.2 Å². The molecule has 0 radical (unpaired) electrons. The first-order valence-corrected chi connectivity index (χ1v) is 5.51. The van der Waals surface area contributed by atoms with Crippen molar-refractivity contribution in [3.8, 4) is 12.3 Å². The summed E-state index contributed by atoms with van der Waals surface area (Å²) in [7, 11) is 0. The first kappa shape index (κ1) is 14.9. The summed E-state index contributed by atoms with van der Waals surface area (Å²) in [6.45, 7) is 6.40. The van der Waals surface area contributed by atoms with Gasteiger partial charge in [0.2, 0.25) is 0 Å². The zero-order valence-electron chi connectivity index (χ0n) is 10.1. The summed E-state index contributed by atoms with van der Waals surface area (Å²) < 4.78 is 5.40. The summed E-state index contributed by atoms with van der Waals surface area (Å²) in [5.74, 6) is 2.20. The molecule has 0 rings (SSSR count). The molecule has 0 fully saturated rings. The third kappa shape index (κ3) is 9.50. The number of terminal acetylenes is 1. The molecule has 0 aromatic rings. The van der Waals surface area contributed by atoms with E-state index >= 15 is 0 Å². The monoisotopic (exact) mass is 227 g/mol. The Balaban J connectivity index is 3.60. The van der Waals surface area contributed by atoms with E-state index in [2.05, 4.69) is 19.8 Å². The molecule has 0 saturated heterocycles. The van der Waals surface area contributed by atoms with Crippen LogP contribution in [0, 0.1) is 18.3 Å². The number of hydrogen-bond donors (Lipinski definition) is 1. The molecule has 0 aliphatic rings. The van der Waals surface area contributed by atoms with Crippen molar-refractivity contribution in [2.45, 2.75) is 20.3 Å². The first-order chi connectivity index (χ1) is 7.56. The lowest BCUT2D eigenvalue weighted by atomic mass is 10.1. The second-order valence-electron chi connectivity index (χ2n) is 4.10. The number of carboxylic acids is 1. The van der Waals surface area contributed by atoms with Crippen LogP contribution in [0.15, 0.2) is 0 Å². The Morgan fingerprint density at radius 1 is 1.50 bits per heavy atom. The van der Waals surface area contributed by atoms with Crippen molar-refractivity contribution >= 4 is 5.97 Å². The molecule has 0 atom stereocenters. The lowest BCUT2D eigenvalue weighted by Gasteiger charge is -2.17. The third-order valence-corrected chi connectivity index (χ3v) is 2.07. The lowest BCUT2D eigenvalue weighted by molar-refractivity contribution is -0.138. The second-order valence-corrected chi connectivity index (χ2v) is 4.10. The molecule has 0 bridgehead atoms. The van der Waals surface area contributed by atoms with Gasteiger partial charge in [-0.05, 0) is 12.3 Å². The second kappa shape index (κ2) is 9.20. The molecule has 0 aliphatic heterocycles. The molecule has 0 aromatic heterocycles. The van der Waals surface area contributed by atoms with Gasteiger partial charge in [-0.2, -0.15) is 0 Å². The lowest BCUT2D eigenvalue weighted by Crippen LogP contribution is -2.33. The van der Waals surface area contributed by atoms with Crippen LogP contribution in [0.25, 0.3) is 0 Å². The average molecular weight is 227 g/mol. The standard InChI is InChI=1S/C12H21NO3/c1-4-6-13(10-12(14)15)7-9-16-8-5-11(2)3/h1,11H,5-10H2,2-3H3,(H,14,15). The molecule has 0 unspecified atom stereocenters. The number of hydrogen-bond acceptors (Lipinski definition) is 3. The highest BCUT2D eigenvalue weighted by molar-refractivity contribution is 5.69. The van der Waals surface area contributed by atoms with Crippen LogP contribution >= 0.6 is 0 Å². The fourth-order valence-corrected chi connectivity index (χ4v) is 1.15. The highest BCUT2D eigenvalue weighted by atomic mass is 16.5. The van der Waals surface area contributed by atoms with E-state index in [-0.39, 0.29) is 6.54 Å². The van der Waals surface area contributed by atoms with Crippen molar-refractivity contribution in [2.75, 3.05) is 32.8 Å². The van der Waals surface area contributed by atoms with Crippen molar-refractivity contribution < 1.29 is 14.6 Å². The molecule has 0 saturated carbocycles. The van der Waals surface area contributed by atoms with Crippen LogP contribution in [0.5, 0.6) is 0 Å². The fourth-order valence-electron chi connectivity index (χ4n) is 1.15. The Morgan fingerprint density at radius 3 is 2.69 bits per heavy atom. The summed E-state index contributed by atoms with van der Waals surface area (Å²) in [6, 6.07) is 0. The zero-order valence-corrected chi connectivity index (χ0v) is 10.1. The maximum Gasteiger partial charge on any atom is 0.317 e. The molecule has 0 heterocycles. The van der Waals surface area contributed by atoms with Crippen molar-refractivity contribution in [3.63, 3.8) is 0 Å². The van der Waals surface area contributed by atoms with E-state index in [0.29, 0.717) is 32.2 Å². The summed E-state index contributed by atoms with van der Waals surface area (Å²) >= 11 is 0. The van der Waals surface area contributed by atoms with Gasteiger partial charge in [-0.1, -0.05) is 19.8 Å². The van der Waals surface area contributed by atoms with Gasteiger partial charge >= 0.3 is 5.97 Å². The molecule has 1 N–H and O–H groups in total. The van der Waals surface area contributed by atoms with Crippen molar-refractivity contribution in [1.29, 1.82) is 0 Å². The summed E-state index contributed by atoms with van der Waals surface area (Å²) in [5.41, 5.74) is 0. The summed E-state index contributed by atoms with van der Waals surface area (Å²) in [6.07, 6.45) is 6.17. The molecule has 0 spiro atoms. The van der Waals surface area contributed by atoms with E-state index in [1.807, 2.05) is 0 Å². The third-order valence-electron chi connectivity index (χ3n) is 2.07. The zero-order chi connectivity index (χ0) is 12.4. The smallest absolute Gasteiger partial charge is 0.317 e. The Labute approximate surface area is 97.6 Å². The van der Waals surface area contributed by atoms with Crippen LogP contribution in [0.1, 0.15) is 20.3 Å². The minimum absolute atomic E-state index is 0.0300. The van der Waals surface area contributed by atoms with Gasteiger partial charge in [-0.25, -0.2) is 0 Å². The van der Waals surface area contributed by atoms with Gasteiger partial charge in [0.05, 0.1) is 19.7 Å². The molecule has 4 heteroatoms. The van der Waals surface area contributed by atoms with E-state index in [4.69, 9.17) is 16.3 Å². The van der Waals surface area contributed by atoms with Crippen LogP contribution in [-0.2, 0) is 9.53 Å². The van der Waals surface area contributed by atoms with Gasteiger partial charge in [0.25, 0.3) is 0 Å². The van der Waals surface area contributed by atoms with Gasteiger partial charge < -0.3 is 9.84 Å². The largest absolute Gasteiger partial charge is 0.480 e. The Morgan fingerprint density at radius 2 is 2.19 bits per heavy atom. The average Bonchev–Trinajstić information content (AvgIpc) is 2.16. The minimum atomic E-state index is -0.863. The molecule has 92 valence electrons. The van der Waals surface area contributed by atoms with Crippen LogP contribution < -0.4 is 0 Å². The molecular formula is C12H21NO3. The van der Waals surface area contributed by atoms with Crippen LogP contribution in [-0.4, -0.2) is 48.8 Å². The van der Waals surface area contributed by atoms with Crippen LogP contribution in [0.4, 0.5) is 0 Å². The number of carboxylic acid groups (broad SMARTS) is 1. The van der Waals surface area contributed by atoms with Gasteiger partial charge in [0.15, 0.2) is 0 Å². The normalized spacial score (nSPS) is 10.7. The van der Waals surface area contributed by atoms with Crippen molar-refractivity contribution in [3.05, 3.63) is 0 Å². The van der Waals surface area contributed by atoms with E-state index < -0.39 is 5.97 Å². The van der Waals surface area contributed by atoms with Gasteiger partial charge in [0.1, 0.15) is 0 Å². The Bertz CT molecular complexity index is 233. The van der Waals surface area contributed by atoms with E-state index in [9.17, 15) is 4.79 Å². The molecule has 4 nitrogen and oxygen atoms in total. The van der Waals surface area contributed by atoms with E-state index in [0.717, 1.165) is 6.42 Å². The van der Waals surface area contributed by atoms with E-state index in [1.54, 1.807) is 4.90 Å². The van der Waals surface area contributed by atoms with E-state index in [1.165, 1.54) is 0 Å². The molecule has 0 aliphatic carbocycles. The van der Waals surface area contributed by atoms with Crippen LogP contribution in [0.2, 0.25) is 0 Å². The number of aliphatic carboxylic acids is 1. The highest BCUT2D eigenvalue weighted by Gasteiger charge is 2.07. The highest BCUT2D eigenvalue weighted by Crippen LogP contribution is 1.98. The number of ether oxygens (including phenoxy) is 1. The quantitative estimate of drug-likeness (QED) is 0.473. The number of carbonyl (C=O) groups is 1. The van der Waals surface area contributed by atoms with Crippen molar-refractivity contribution in [2.24, 2.45) is 5.92 Å². The molecule has 0 aromatic carbocycles. The molecular weight excluding hydrogens is 206 g/mol. The summed E-state index contributed by atoms with van der Waals surface area (Å²) in [4.78, 5) is 12.2. The summed E-state index contributed by atoms with van der Waals surface area (Å²) in [5, 5.41) is 8.63. The maximum absolute atomic E-state index is 10.5. The van der Waals surface area contributed by atoms with Crippen molar-refractivity contribution in [1.82, 2.24) is 4.90 Å². The maximum atomic E-state index is 10.5. The minimum Gasteiger partial charge on any atom is -0.480 e. The first-order valence-electron chi connectivity index (χ1n) is 5.51. The SMILES string of the molecule is C#CCN(CCOCCC(C)C)CC(=O)O. The Hall–Kier alpha value is -1.05. The molecule has 0 amide bonds. The topological polar surface area (TPSA) is 49.8 Å². The fraction of sp³-hybridized carbons (Fsp3) is 0.750. The van der Waals surface area contributed by atoms with Crippen LogP contribution in [0.3, 0.4) is 0 Å².